The maximum absolute atomic E-state index is 12.0. The molecule has 1 heterocycles. The molecule has 1 fully saturated rings. The van der Waals surface area contributed by atoms with Gasteiger partial charge in [0.25, 0.3) is 0 Å². The molecule has 98 valence electrons. The van der Waals surface area contributed by atoms with Crippen LogP contribution >= 0.6 is 0 Å². The lowest BCUT2D eigenvalue weighted by Crippen LogP contribution is -2.46. The monoisotopic (exact) mass is 249 g/mol. The lowest BCUT2D eigenvalue weighted by Gasteiger charge is -2.27. The number of nitrogens with one attached hydrogen (secondary N) is 1. The van der Waals surface area contributed by atoms with Gasteiger partial charge in [-0.15, -0.1) is 5.06 Å². The van der Waals surface area contributed by atoms with Crippen molar-refractivity contribution in [1.82, 2.24) is 10.4 Å². The summed E-state index contributed by atoms with van der Waals surface area (Å²) in [6.45, 7) is 5.16. The Labute approximate surface area is 107 Å². The third-order valence-electron chi connectivity index (χ3n) is 2.95. The molecule has 1 aromatic rings. The number of hydrogen-bond acceptors (Lipinski definition) is 4. The van der Waals surface area contributed by atoms with Gasteiger partial charge in [0.2, 0.25) is 0 Å². The predicted octanol–water partition coefficient (Wildman–Crippen LogP) is 1.39. The summed E-state index contributed by atoms with van der Waals surface area (Å²) in [7, 11) is 1.72. The van der Waals surface area contributed by atoms with Gasteiger partial charge in [0.15, 0.2) is 0 Å². The van der Waals surface area contributed by atoms with Crippen LogP contribution < -0.4 is 10.2 Å². The van der Waals surface area contributed by atoms with Crippen LogP contribution in [0, 0.1) is 6.92 Å². The molecule has 18 heavy (non-hydrogen) atoms. The zero-order valence-electron chi connectivity index (χ0n) is 10.8. The van der Waals surface area contributed by atoms with Crippen molar-refractivity contribution < 1.29 is 9.63 Å². The highest BCUT2D eigenvalue weighted by atomic mass is 16.7. The molecule has 2 rings (SSSR count). The van der Waals surface area contributed by atoms with Gasteiger partial charge in [-0.05, 0) is 24.6 Å². The van der Waals surface area contributed by atoms with E-state index < -0.39 is 0 Å². The molecule has 1 aromatic carbocycles. The molecule has 1 aliphatic heterocycles. The summed E-state index contributed by atoms with van der Waals surface area (Å²) in [5.74, 6) is 0. The fourth-order valence-corrected chi connectivity index (χ4v) is 1.85. The first-order valence-corrected chi connectivity index (χ1v) is 6.15. The largest absolute Gasteiger partial charge is 0.433 e. The number of aryl methyl sites for hydroxylation is 1. The summed E-state index contributed by atoms with van der Waals surface area (Å²) in [6.07, 6.45) is -0.345. The second-order valence-corrected chi connectivity index (χ2v) is 4.43. The van der Waals surface area contributed by atoms with Crippen LogP contribution in [0.1, 0.15) is 5.56 Å². The first-order chi connectivity index (χ1) is 8.66. The molecule has 1 N–H and O–H groups in total. The quantitative estimate of drug-likeness (QED) is 0.860. The molecular weight excluding hydrogens is 230 g/mol. The standard InChI is InChI=1S/C13H19N3O2/c1-11-4-3-5-12(10-11)15(2)13(17)18-16-8-6-14-7-9-16/h3-5,10,14H,6-9H2,1-2H3. The van der Waals surface area contributed by atoms with Gasteiger partial charge in [-0.3, -0.25) is 4.90 Å². The molecule has 0 bridgehead atoms. The first-order valence-electron chi connectivity index (χ1n) is 6.15. The molecule has 0 aromatic heterocycles. The molecule has 5 nitrogen and oxygen atoms in total. The van der Waals surface area contributed by atoms with Crippen LogP contribution in [0.3, 0.4) is 0 Å². The highest BCUT2D eigenvalue weighted by Gasteiger charge is 2.18. The summed E-state index contributed by atoms with van der Waals surface area (Å²) < 4.78 is 0. The number of hydrogen-bond donors (Lipinski definition) is 1. The first kappa shape index (κ1) is 12.9. The van der Waals surface area contributed by atoms with E-state index in [-0.39, 0.29) is 6.09 Å². The number of anilines is 1. The Morgan fingerprint density at radius 3 is 2.78 bits per heavy atom. The molecule has 0 radical (unpaired) electrons. The van der Waals surface area contributed by atoms with Gasteiger partial charge >= 0.3 is 6.09 Å². The molecule has 1 aliphatic rings. The van der Waals surface area contributed by atoms with E-state index in [0.29, 0.717) is 0 Å². The molecule has 1 saturated heterocycles. The highest BCUT2D eigenvalue weighted by molar-refractivity contribution is 5.86. The fourth-order valence-electron chi connectivity index (χ4n) is 1.85. The minimum atomic E-state index is -0.345. The van der Waals surface area contributed by atoms with E-state index in [9.17, 15) is 4.79 Å². The van der Waals surface area contributed by atoms with Crippen molar-refractivity contribution >= 4 is 11.8 Å². The van der Waals surface area contributed by atoms with E-state index in [1.165, 1.54) is 4.90 Å². The van der Waals surface area contributed by atoms with E-state index in [0.717, 1.165) is 37.4 Å². The molecule has 0 unspecified atom stereocenters. The Morgan fingerprint density at radius 2 is 2.11 bits per heavy atom. The smallest absolute Gasteiger partial charge is 0.351 e. The van der Waals surface area contributed by atoms with E-state index >= 15 is 0 Å². The van der Waals surface area contributed by atoms with Crippen LogP contribution in [0.4, 0.5) is 10.5 Å². The van der Waals surface area contributed by atoms with Crippen LogP contribution in [0.15, 0.2) is 24.3 Å². The SMILES string of the molecule is Cc1cccc(N(C)C(=O)ON2CCNCC2)c1. The van der Waals surface area contributed by atoms with Gasteiger partial charge in [-0.25, -0.2) is 4.79 Å². The average molecular weight is 249 g/mol. The molecule has 1 amide bonds. The summed E-state index contributed by atoms with van der Waals surface area (Å²) >= 11 is 0. The average Bonchev–Trinajstić information content (AvgIpc) is 2.39. The molecule has 0 aliphatic carbocycles. The number of hydroxylamine groups is 2. The Bertz CT molecular complexity index is 416. The van der Waals surface area contributed by atoms with Gasteiger partial charge in [-0.1, -0.05) is 12.1 Å². The molecule has 5 heteroatoms. The third kappa shape index (κ3) is 3.21. The number of benzene rings is 1. The van der Waals surface area contributed by atoms with Crippen LogP contribution in [0.25, 0.3) is 0 Å². The second kappa shape index (κ2) is 5.84. The maximum atomic E-state index is 12.0. The number of carbonyl (C=O) groups is 1. The minimum absolute atomic E-state index is 0.345. The minimum Gasteiger partial charge on any atom is -0.351 e. The fraction of sp³-hybridized carbons (Fsp3) is 0.462. The van der Waals surface area contributed by atoms with Gasteiger partial charge in [0.1, 0.15) is 0 Å². The summed E-state index contributed by atoms with van der Waals surface area (Å²) in [5.41, 5.74) is 1.96. The van der Waals surface area contributed by atoms with Gasteiger partial charge in [0.05, 0.1) is 0 Å². The zero-order valence-corrected chi connectivity index (χ0v) is 10.8. The molecule has 0 spiro atoms. The maximum Gasteiger partial charge on any atom is 0.433 e. The topological polar surface area (TPSA) is 44.8 Å². The Morgan fingerprint density at radius 1 is 1.39 bits per heavy atom. The Balaban J connectivity index is 1.95. The van der Waals surface area contributed by atoms with Crippen molar-refractivity contribution in [3.8, 4) is 0 Å². The summed E-state index contributed by atoms with van der Waals surface area (Å²) in [6, 6.07) is 7.78. The van der Waals surface area contributed by atoms with Crippen molar-refractivity contribution in [2.75, 3.05) is 38.1 Å². The highest BCUT2D eigenvalue weighted by Crippen LogP contribution is 2.15. The van der Waals surface area contributed by atoms with Gasteiger partial charge in [0, 0.05) is 38.9 Å². The second-order valence-electron chi connectivity index (χ2n) is 4.43. The third-order valence-corrected chi connectivity index (χ3v) is 2.95. The van der Waals surface area contributed by atoms with Crippen LogP contribution in [-0.2, 0) is 4.84 Å². The number of carbonyl (C=O) groups excluding carboxylic acids is 1. The van der Waals surface area contributed by atoms with E-state index in [2.05, 4.69) is 5.32 Å². The van der Waals surface area contributed by atoms with Gasteiger partial charge in [-0.2, -0.15) is 0 Å². The van der Waals surface area contributed by atoms with Crippen molar-refractivity contribution in [3.63, 3.8) is 0 Å². The van der Waals surface area contributed by atoms with Gasteiger partial charge < -0.3 is 10.2 Å². The zero-order chi connectivity index (χ0) is 13.0. The normalized spacial score (nSPS) is 16.3. The Kier molecular flexibility index (Phi) is 4.17. The lowest BCUT2D eigenvalue weighted by atomic mass is 10.2. The number of nitrogens with zero attached hydrogens (tertiary/aromatic N) is 2. The van der Waals surface area contributed by atoms with Crippen molar-refractivity contribution in [1.29, 1.82) is 0 Å². The van der Waals surface area contributed by atoms with E-state index in [1.54, 1.807) is 12.1 Å². The predicted molar refractivity (Wildman–Crippen MR) is 70.5 cm³/mol. The van der Waals surface area contributed by atoms with Crippen LogP contribution in [0.5, 0.6) is 0 Å². The Hall–Kier alpha value is -1.59. The molecule has 0 saturated carbocycles. The van der Waals surface area contributed by atoms with E-state index in [4.69, 9.17) is 4.84 Å². The van der Waals surface area contributed by atoms with E-state index in [1.807, 2.05) is 31.2 Å². The van der Waals surface area contributed by atoms with Crippen molar-refractivity contribution in [3.05, 3.63) is 29.8 Å². The number of piperazine rings is 1. The van der Waals surface area contributed by atoms with Crippen LogP contribution in [-0.4, -0.2) is 44.4 Å². The molecule has 0 atom stereocenters. The number of amides is 1. The summed E-state index contributed by atoms with van der Waals surface area (Å²) in [5, 5.41) is 4.91. The molecular formula is C13H19N3O2. The number of rotatable bonds is 2. The summed E-state index contributed by atoms with van der Waals surface area (Å²) in [4.78, 5) is 18.8. The van der Waals surface area contributed by atoms with Crippen molar-refractivity contribution in [2.24, 2.45) is 0 Å². The lowest BCUT2D eigenvalue weighted by molar-refractivity contribution is -0.103. The van der Waals surface area contributed by atoms with Crippen molar-refractivity contribution in [2.45, 2.75) is 6.92 Å². The van der Waals surface area contributed by atoms with Crippen LogP contribution in [0.2, 0.25) is 0 Å².